The van der Waals surface area contributed by atoms with E-state index in [2.05, 4.69) is 5.32 Å². The summed E-state index contributed by atoms with van der Waals surface area (Å²) in [5, 5.41) is 12.0. The Morgan fingerprint density at radius 1 is 1.03 bits per heavy atom. The molecule has 4 rings (SSSR count). The zero-order chi connectivity index (χ0) is 23.6. The number of benzene rings is 3. The summed E-state index contributed by atoms with van der Waals surface area (Å²) in [6.07, 6.45) is 0.946. The van der Waals surface area contributed by atoms with E-state index in [1.165, 1.54) is 12.1 Å². The fourth-order valence-electron chi connectivity index (χ4n) is 3.76. The van der Waals surface area contributed by atoms with Crippen molar-refractivity contribution >= 4 is 44.7 Å². The molecule has 0 saturated heterocycles. The number of para-hydroxylation sites is 1. The molecule has 0 bridgehead atoms. The number of carbonyl (C=O) groups is 2. The van der Waals surface area contributed by atoms with Gasteiger partial charge in [-0.1, -0.05) is 54.6 Å². The monoisotopic (exact) mass is 463 g/mol. The summed E-state index contributed by atoms with van der Waals surface area (Å²) in [5.41, 5.74) is 3.32. The maximum atomic E-state index is 12.9. The first kappa shape index (κ1) is 22.2. The van der Waals surface area contributed by atoms with Crippen molar-refractivity contribution in [3.8, 4) is 0 Å². The van der Waals surface area contributed by atoms with Crippen LogP contribution in [0.5, 0.6) is 0 Å². The Balaban J connectivity index is 1.84. The lowest BCUT2D eigenvalue weighted by Crippen LogP contribution is -2.34. The molecule has 168 valence electrons. The number of carboxylic acid groups (broad SMARTS) is 1. The van der Waals surface area contributed by atoms with E-state index in [1.807, 2.05) is 54.6 Å². The molecule has 1 amide bonds. The molecule has 0 aliphatic carbocycles. The largest absolute Gasteiger partial charge is 0.480 e. The van der Waals surface area contributed by atoms with Gasteiger partial charge in [0.05, 0.1) is 23.3 Å². The van der Waals surface area contributed by atoms with Gasteiger partial charge in [0.2, 0.25) is 15.9 Å². The highest BCUT2D eigenvalue weighted by atomic mass is 32.2. The third-order valence-electron chi connectivity index (χ3n) is 5.18. The highest BCUT2D eigenvalue weighted by Gasteiger charge is 2.35. The van der Waals surface area contributed by atoms with Crippen molar-refractivity contribution in [3.05, 3.63) is 90.0 Å². The number of nitrogens with zero attached hydrogens (tertiary/aromatic N) is 2. The van der Waals surface area contributed by atoms with E-state index in [-0.39, 0.29) is 11.6 Å². The van der Waals surface area contributed by atoms with Crippen LogP contribution in [0.2, 0.25) is 0 Å². The molecule has 1 heterocycles. The number of rotatable bonds is 7. The number of carbonyl (C=O) groups excluding carboxylic acids is 1. The minimum Gasteiger partial charge on any atom is -0.480 e. The maximum absolute atomic E-state index is 12.9. The number of carboxylic acids is 1. The summed E-state index contributed by atoms with van der Waals surface area (Å²) >= 11 is 0. The lowest BCUT2D eigenvalue weighted by atomic mass is 9.90. The lowest BCUT2D eigenvalue weighted by Gasteiger charge is -2.20. The van der Waals surface area contributed by atoms with Crippen LogP contribution in [0, 0.1) is 0 Å². The molecule has 3 aromatic carbocycles. The molecular formula is C24H21N3O5S. The Bertz CT molecular complexity index is 1350. The Kier molecular flexibility index (Phi) is 5.97. The number of anilines is 2. The molecule has 0 spiro atoms. The average molecular weight is 464 g/mol. The molecule has 2 N–H and O–H groups in total. The number of fused-ring (bicyclic) bond motifs is 1. The summed E-state index contributed by atoms with van der Waals surface area (Å²) in [4.78, 5) is 28.9. The number of hydrogen-bond donors (Lipinski definition) is 2. The zero-order valence-electron chi connectivity index (χ0n) is 17.7. The molecule has 3 aromatic rings. The maximum Gasteiger partial charge on any atom is 0.324 e. The second kappa shape index (κ2) is 8.87. The van der Waals surface area contributed by atoms with Crippen molar-refractivity contribution < 1.29 is 23.1 Å². The van der Waals surface area contributed by atoms with Crippen molar-refractivity contribution in [1.29, 1.82) is 0 Å². The lowest BCUT2D eigenvalue weighted by molar-refractivity contribution is -0.135. The third-order valence-corrected chi connectivity index (χ3v) is 6.32. The highest BCUT2D eigenvalue weighted by molar-refractivity contribution is 7.92. The summed E-state index contributed by atoms with van der Waals surface area (Å²) < 4.78 is 25.2. The first-order valence-electron chi connectivity index (χ1n) is 10.1. The molecule has 0 saturated carbocycles. The first-order chi connectivity index (χ1) is 15.7. The molecule has 0 fully saturated rings. The van der Waals surface area contributed by atoms with Crippen LogP contribution in [-0.4, -0.2) is 43.9 Å². The fraction of sp³-hybridized carbons (Fsp3) is 0.125. The summed E-state index contributed by atoms with van der Waals surface area (Å²) in [5.74, 6) is -2.14. The predicted molar refractivity (Wildman–Crippen MR) is 127 cm³/mol. The Morgan fingerprint density at radius 3 is 2.42 bits per heavy atom. The fourth-order valence-corrected chi connectivity index (χ4v) is 4.61. The number of aliphatic carboxylic acids is 1. The second-order valence-corrected chi connectivity index (χ2v) is 9.46. The van der Waals surface area contributed by atoms with E-state index < -0.39 is 28.5 Å². The van der Waals surface area contributed by atoms with Gasteiger partial charge in [0, 0.05) is 5.69 Å². The Hall–Kier alpha value is -3.98. The number of sulfonamides is 1. The Labute approximate surface area is 191 Å². The predicted octanol–water partition coefficient (Wildman–Crippen LogP) is 3.39. The molecule has 1 aliphatic rings. The van der Waals surface area contributed by atoms with E-state index >= 15 is 0 Å². The summed E-state index contributed by atoms with van der Waals surface area (Å²) in [6, 6.07) is 22.9. The van der Waals surface area contributed by atoms with Gasteiger partial charge in [0.25, 0.3) is 0 Å². The normalized spacial score (nSPS) is 15.6. The van der Waals surface area contributed by atoms with Gasteiger partial charge in [-0.15, -0.1) is 0 Å². The molecule has 1 aliphatic heterocycles. The SMILES string of the molecule is CS(=O)(=O)N(CC(=O)O)c1cccc(N=C(c2ccccc2)C2C(=O)Nc3ccccc32)c1. The van der Waals surface area contributed by atoms with Crippen LogP contribution in [0.1, 0.15) is 17.0 Å². The van der Waals surface area contributed by atoms with Gasteiger partial charge in [0.15, 0.2) is 0 Å². The van der Waals surface area contributed by atoms with Crippen molar-refractivity contribution in [2.24, 2.45) is 4.99 Å². The highest BCUT2D eigenvalue weighted by Crippen LogP contribution is 2.36. The molecule has 33 heavy (non-hydrogen) atoms. The van der Waals surface area contributed by atoms with Gasteiger partial charge in [-0.3, -0.25) is 18.9 Å². The van der Waals surface area contributed by atoms with Crippen molar-refractivity contribution in [3.63, 3.8) is 0 Å². The van der Waals surface area contributed by atoms with Crippen LogP contribution < -0.4 is 9.62 Å². The smallest absolute Gasteiger partial charge is 0.324 e. The standard InChI is InChI=1S/C24H21N3O5S/c1-33(31,32)27(15-21(28)29)18-11-7-10-17(14-18)25-23(16-8-3-2-4-9-16)22-19-12-5-6-13-20(19)26-24(22)30/h2-14,22H,15H2,1H3,(H,26,30)(H,28,29). The van der Waals surface area contributed by atoms with Crippen LogP contribution in [0.3, 0.4) is 0 Å². The number of nitrogens with one attached hydrogen (secondary N) is 1. The molecule has 1 unspecified atom stereocenters. The summed E-state index contributed by atoms with van der Waals surface area (Å²) in [7, 11) is -3.83. The minimum absolute atomic E-state index is 0.171. The minimum atomic E-state index is -3.83. The second-order valence-electron chi connectivity index (χ2n) is 7.56. The quantitative estimate of drug-likeness (QED) is 0.521. The van der Waals surface area contributed by atoms with E-state index in [4.69, 9.17) is 10.1 Å². The van der Waals surface area contributed by atoms with E-state index in [1.54, 1.807) is 12.1 Å². The molecule has 0 aromatic heterocycles. The van der Waals surface area contributed by atoms with E-state index in [9.17, 15) is 18.0 Å². The zero-order valence-corrected chi connectivity index (χ0v) is 18.5. The molecule has 9 heteroatoms. The van der Waals surface area contributed by atoms with Gasteiger partial charge >= 0.3 is 5.97 Å². The third kappa shape index (κ3) is 4.78. The molecular weight excluding hydrogens is 442 g/mol. The molecule has 1 atom stereocenters. The van der Waals surface area contributed by atoms with Gasteiger partial charge in [-0.25, -0.2) is 8.42 Å². The number of amides is 1. The van der Waals surface area contributed by atoms with Crippen LogP contribution in [-0.2, 0) is 19.6 Å². The van der Waals surface area contributed by atoms with Gasteiger partial charge in [-0.2, -0.15) is 0 Å². The van der Waals surface area contributed by atoms with Crippen LogP contribution in [0.4, 0.5) is 17.1 Å². The van der Waals surface area contributed by atoms with Crippen molar-refractivity contribution in [2.45, 2.75) is 5.92 Å². The number of aliphatic imine (C=N–C) groups is 1. The van der Waals surface area contributed by atoms with E-state index in [0.29, 0.717) is 11.4 Å². The van der Waals surface area contributed by atoms with E-state index in [0.717, 1.165) is 27.4 Å². The average Bonchev–Trinajstić information content (AvgIpc) is 3.11. The van der Waals surface area contributed by atoms with Crippen molar-refractivity contribution in [2.75, 3.05) is 22.4 Å². The molecule has 8 nitrogen and oxygen atoms in total. The Morgan fingerprint density at radius 2 is 1.73 bits per heavy atom. The molecule has 0 radical (unpaired) electrons. The van der Waals surface area contributed by atoms with Crippen LogP contribution in [0.25, 0.3) is 0 Å². The summed E-state index contributed by atoms with van der Waals surface area (Å²) in [6.45, 7) is -0.712. The first-order valence-corrected chi connectivity index (χ1v) is 11.9. The number of hydrogen-bond acceptors (Lipinski definition) is 5. The van der Waals surface area contributed by atoms with Crippen LogP contribution in [0.15, 0.2) is 83.9 Å². The van der Waals surface area contributed by atoms with Gasteiger partial charge in [0.1, 0.15) is 12.5 Å². The van der Waals surface area contributed by atoms with Crippen molar-refractivity contribution in [1.82, 2.24) is 0 Å². The van der Waals surface area contributed by atoms with Gasteiger partial charge in [-0.05, 0) is 35.4 Å². The van der Waals surface area contributed by atoms with Gasteiger partial charge < -0.3 is 10.4 Å². The topological polar surface area (TPSA) is 116 Å². The van der Waals surface area contributed by atoms with Crippen LogP contribution >= 0.6 is 0 Å².